The normalized spacial score (nSPS) is 21.9. The molecule has 6 heteroatoms. The summed E-state index contributed by atoms with van der Waals surface area (Å²) in [6.45, 7) is 1.94. The number of sulfone groups is 1. The smallest absolute Gasteiger partial charge is 0.252 e. The first-order valence-corrected chi connectivity index (χ1v) is 8.76. The molecule has 1 aromatic rings. The molecule has 0 aromatic heterocycles. The third-order valence-electron chi connectivity index (χ3n) is 3.17. The molecule has 1 unspecified atom stereocenters. The standard InChI is InChI=1S/C13H16BrNO3S/c1-9-4-5-11(12(14)7-9)13(16)15-10-3-2-6-19(17,18)8-10/h4-5,7,10H,2-3,6,8H2,1H3,(H,15,16). The molecule has 0 bridgehead atoms. The second-order valence-electron chi connectivity index (χ2n) is 4.91. The number of aryl methyl sites for hydroxylation is 1. The van der Waals surface area contributed by atoms with Gasteiger partial charge in [0.1, 0.15) is 0 Å². The molecule has 0 aliphatic carbocycles. The Morgan fingerprint density at radius 1 is 1.42 bits per heavy atom. The van der Waals surface area contributed by atoms with Crippen molar-refractivity contribution >= 4 is 31.7 Å². The SMILES string of the molecule is Cc1ccc(C(=O)NC2CCCS(=O)(=O)C2)c(Br)c1. The Bertz CT molecular complexity index is 598. The molecule has 104 valence electrons. The number of halogens is 1. The quantitative estimate of drug-likeness (QED) is 0.892. The number of carbonyl (C=O) groups is 1. The minimum atomic E-state index is -3.00. The van der Waals surface area contributed by atoms with Crippen molar-refractivity contribution in [1.82, 2.24) is 5.32 Å². The lowest BCUT2D eigenvalue weighted by atomic mass is 10.1. The van der Waals surface area contributed by atoms with E-state index in [1.54, 1.807) is 6.07 Å². The zero-order valence-corrected chi connectivity index (χ0v) is 13.1. The van der Waals surface area contributed by atoms with Crippen LogP contribution in [0.4, 0.5) is 0 Å². The molecular formula is C13H16BrNO3S. The topological polar surface area (TPSA) is 63.2 Å². The van der Waals surface area contributed by atoms with E-state index in [0.717, 1.165) is 10.0 Å². The van der Waals surface area contributed by atoms with Crippen LogP contribution < -0.4 is 5.32 Å². The van der Waals surface area contributed by atoms with Crippen LogP contribution in [0.3, 0.4) is 0 Å². The second-order valence-corrected chi connectivity index (χ2v) is 7.99. The van der Waals surface area contributed by atoms with Crippen molar-refractivity contribution in [2.45, 2.75) is 25.8 Å². The second kappa shape index (κ2) is 5.63. The maximum absolute atomic E-state index is 12.1. The highest BCUT2D eigenvalue weighted by Crippen LogP contribution is 2.19. The molecule has 0 saturated carbocycles. The molecule has 0 radical (unpaired) electrons. The predicted octanol–water partition coefficient (Wildman–Crippen LogP) is 2.06. The van der Waals surface area contributed by atoms with E-state index < -0.39 is 9.84 Å². The Morgan fingerprint density at radius 2 is 2.16 bits per heavy atom. The summed E-state index contributed by atoms with van der Waals surface area (Å²) >= 11 is 3.36. The summed E-state index contributed by atoms with van der Waals surface area (Å²) < 4.78 is 23.8. The summed E-state index contributed by atoms with van der Waals surface area (Å²) in [6.07, 6.45) is 1.33. The summed E-state index contributed by atoms with van der Waals surface area (Å²) in [5.41, 5.74) is 1.59. The molecule has 1 aliphatic rings. The van der Waals surface area contributed by atoms with E-state index in [9.17, 15) is 13.2 Å². The van der Waals surface area contributed by atoms with Gasteiger partial charge in [0.05, 0.1) is 17.1 Å². The van der Waals surface area contributed by atoms with Crippen molar-refractivity contribution in [3.05, 3.63) is 33.8 Å². The molecular weight excluding hydrogens is 330 g/mol. The number of nitrogens with one attached hydrogen (secondary N) is 1. The molecule has 1 heterocycles. The van der Waals surface area contributed by atoms with E-state index >= 15 is 0 Å². The van der Waals surface area contributed by atoms with Gasteiger partial charge in [0.25, 0.3) is 5.91 Å². The highest BCUT2D eigenvalue weighted by atomic mass is 79.9. The molecule has 19 heavy (non-hydrogen) atoms. The number of hydrogen-bond donors (Lipinski definition) is 1. The molecule has 1 atom stereocenters. The average molecular weight is 346 g/mol. The van der Waals surface area contributed by atoms with Gasteiger partial charge in [-0.15, -0.1) is 0 Å². The van der Waals surface area contributed by atoms with Crippen molar-refractivity contribution in [3.8, 4) is 0 Å². The number of rotatable bonds is 2. The Kier molecular flexibility index (Phi) is 4.30. The molecule has 1 amide bonds. The fourth-order valence-corrected chi connectivity index (χ4v) is 4.51. The summed E-state index contributed by atoms with van der Waals surface area (Å²) in [4.78, 5) is 12.1. The lowest BCUT2D eigenvalue weighted by Crippen LogP contribution is -2.43. The molecule has 2 rings (SSSR count). The van der Waals surface area contributed by atoms with Crippen molar-refractivity contribution in [2.75, 3.05) is 11.5 Å². The Hall–Kier alpha value is -0.880. The van der Waals surface area contributed by atoms with Gasteiger partial charge in [0.2, 0.25) is 0 Å². The van der Waals surface area contributed by atoms with Gasteiger partial charge in [0.15, 0.2) is 9.84 Å². The fraction of sp³-hybridized carbons (Fsp3) is 0.462. The van der Waals surface area contributed by atoms with E-state index in [0.29, 0.717) is 18.4 Å². The number of carbonyl (C=O) groups excluding carboxylic acids is 1. The lowest BCUT2D eigenvalue weighted by Gasteiger charge is -2.23. The van der Waals surface area contributed by atoms with Crippen molar-refractivity contribution in [1.29, 1.82) is 0 Å². The van der Waals surface area contributed by atoms with Gasteiger partial charge in [-0.05, 0) is 53.4 Å². The monoisotopic (exact) mass is 345 g/mol. The van der Waals surface area contributed by atoms with E-state index in [1.807, 2.05) is 19.1 Å². The van der Waals surface area contributed by atoms with Gasteiger partial charge in [-0.1, -0.05) is 6.07 Å². The van der Waals surface area contributed by atoms with Crippen LogP contribution in [0.5, 0.6) is 0 Å². The zero-order valence-electron chi connectivity index (χ0n) is 10.6. The fourth-order valence-electron chi connectivity index (χ4n) is 2.20. The first-order valence-electron chi connectivity index (χ1n) is 6.15. The van der Waals surface area contributed by atoms with Gasteiger partial charge < -0.3 is 5.32 Å². The highest BCUT2D eigenvalue weighted by molar-refractivity contribution is 9.10. The largest absolute Gasteiger partial charge is 0.348 e. The van der Waals surface area contributed by atoms with Gasteiger partial charge in [0, 0.05) is 10.5 Å². The summed E-state index contributed by atoms with van der Waals surface area (Å²) in [7, 11) is -3.00. The summed E-state index contributed by atoms with van der Waals surface area (Å²) in [5.74, 6) is 0.0458. The Morgan fingerprint density at radius 3 is 2.79 bits per heavy atom. The van der Waals surface area contributed by atoms with Crippen LogP contribution in [-0.2, 0) is 9.84 Å². The summed E-state index contributed by atoms with van der Waals surface area (Å²) in [6, 6.07) is 5.19. The molecule has 1 fully saturated rings. The van der Waals surface area contributed by atoms with E-state index in [1.165, 1.54) is 0 Å². The summed E-state index contributed by atoms with van der Waals surface area (Å²) in [5, 5.41) is 2.80. The average Bonchev–Trinajstić information content (AvgIpc) is 2.27. The molecule has 0 spiro atoms. The minimum absolute atomic E-state index is 0.0439. The number of amides is 1. The maximum atomic E-state index is 12.1. The molecule has 1 saturated heterocycles. The molecule has 1 aromatic carbocycles. The number of hydrogen-bond acceptors (Lipinski definition) is 3. The van der Waals surface area contributed by atoms with Crippen molar-refractivity contribution < 1.29 is 13.2 Å². The van der Waals surface area contributed by atoms with E-state index in [2.05, 4.69) is 21.2 Å². The van der Waals surface area contributed by atoms with Crippen LogP contribution in [0.1, 0.15) is 28.8 Å². The van der Waals surface area contributed by atoms with Gasteiger partial charge in [-0.25, -0.2) is 8.42 Å². The molecule has 4 nitrogen and oxygen atoms in total. The first kappa shape index (κ1) is 14.5. The van der Waals surface area contributed by atoms with Gasteiger partial charge >= 0.3 is 0 Å². The maximum Gasteiger partial charge on any atom is 0.252 e. The molecule has 1 N–H and O–H groups in total. The van der Waals surface area contributed by atoms with Gasteiger partial charge in [-0.3, -0.25) is 4.79 Å². The minimum Gasteiger partial charge on any atom is -0.348 e. The Balaban J connectivity index is 2.09. The third-order valence-corrected chi connectivity index (χ3v) is 5.64. The van der Waals surface area contributed by atoms with E-state index in [4.69, 9.17) is 0 Å². The Labute approximate surface area is 121 Å². The lowest BCUT2D eigenvalue weighted by molar-refractivity contribution is 0.0937. The van der Waals surface area contributed by atoms with Crippen LogP contribution in [0, 0.1) is 6.92 Å². The van der Waals surface area contributed by atoms with E-state index in [-0.39, 0.29) is 23.5 Å². The third kappa shape index (κ3) is 3.79. The first-order chi connectivity index (χ1) is 8.87. The zero-order chi connectivity index (χ0) is 14.0. The van der Waals surface area contributed by atoms with Crippen LogP contribution in [-0.4, -0.2) is 31.9 Å². The van der Waals surface area contributed by atoms with Crippen molar-refractivity contribution in [2.24, 2.45) is 0 Å². The molecule has 1 aliphatic heterocycles. The van der Waals surface area contributed by atoms with Crippen LogP contribution in [0.25, 0.3) is 0 Å². The van der Waals surface area contributed by atoms with Crippen LogP contribution in [0.2, 0.25) is 0 Å². The van der Waals surface area contributed by atoms with Gasteiger partial charge in [-0.2, -0.15) is 0 Å². The van der Waals surface area contributed by atoms with Crippen molar-refractivity contribution in [3.63, 3.8) is 0 Å². The predicted molar refractivity (Wildman–Crippen MR) is 78.0 cm³/mol. The number of benzene rings is 1. The highest BCUT2D eigenvalue weighted by Gasteiger charge is 2.26. The van der Waals surface area contributed by atoms with Crippen LogP contribution in [0.15, 0.2) is 22.7 Å². The van der Waals surface area contributed by atoms with Crippen LogP contribution >= 0.6 is 15.9 Å².